The second kappa shape index (κ2) is 4.95. The van der Waals surface area contributed by atoms with E-state index in [2.05, 4.69) is 40.2 Å². The lowest BCUT2D eigenvalue weighted by molar-refractivity contribution is -0.146. The molecule has 1 aliphatic heterocycles. The largest absolute Gasteiger partial charge is 0.375 e. The van der Waals surface area contributed by atoms with Gasteiger partial charge < -0.3 is 10.5 Å². The number of halogens is 1. The lowest BCUT2D eigenvalue weighted by atomic mass is 9.70. The van der Waals surface area contributed by atoms with Crippen molar-refractivity contribution in [2.45, 2.75) is 43.7 Å². The summed E-state index contributed by atoms with van der Waals surface area (Å²) in [4.78, 5) is 0. The summed E-state index contributed by atoms with van der Waals surface area (Å²) in [6.45, 7) is 0.884. The standard InChI is InChI=1S/C15H20BrNO/c16-13-4-2-11(3-5-13)14(17)12-6-9-18-15(10-12)7-1-8-15/h2-5,12,14H,1,6-10,17H2. The van der Waals surface area contributed by atoms with Crippen LogP contribution in [0.4, 0.5) is 0 Å². The topological polar surface area (TPSA) is 35.2 Å². The maximum Gasteiger partial charge on any atom is 0.0686 e. The second-order valence-corrected chi connectivity index (χ2v) is 6.63. The molecule has 0 amide bonds. The molecule has 1 aromatic rings. The lowest BCUT2D eigenvalue weighted by Crippen LogP contribution is -2.47. The van der Waals surface area contributed by atoms with Gasteiger partial charge in [0.2, 0.25) is 0 Å². The Kier molecular flexibility index (Phi) is 3.48. The van der Waals surface area contributed by atoms with E-state index in [4.69, 9.17) is 10.5 Å². The van der Waals surface area contributed by atoms with Gasteiger partial charge in [-0.05, 0) is 55.7 Å². The Balaban J connectivity index is 1.71. The smallest absolute Gasteiger partial charge is 0.0686 e. The third-order valence-electron chi connectivity index (χ3n) is 4.56. The van der Waals surface area contributed by atoms with Gasteiger partial charge in [0.25, 0.3) is 0 Å². The zero-order chi connectivity index (χ0) is 12.6. The van der Waals surface area contributed by atoms with Crippen LogP contribution in [-0.4, -0.2) is 12.2 Å². The molecule has 2 nitrogen and oxygen atoms in total. The van der Waals surface area contributed by atoms with E-state index in [9.17, 15) is 0 Å². The fourth-order valence-electron chi connectivity index (χ4n) is 3.25. The molecule has 3 heteroatoms. The first-order valence-electron chi connectivity index (χ1n) is 6.84. The van der Waals surface area contributed by atoms with Gasteiger partial charge in [0.1, 0.15) is 0 Å². The van der Waals surface area contributed by atoms with Crippen LogP contribution in [0.3, 0.4) is 0 Å². The molecule has 0 aromatic heterocycles. The summed E-state index contributed by atoms with van der Waals surface area (Å²) in [5.41, 5.74) is 7.89. The minimum Gasteiger partial charge on any atom is -0.375 e. The van der Waals surface area contributed by atoms with E-state index in [1.165, 1.54) is 24.8 Å². The van der Waals surface area contributed by atoms with Gasteiger partial charge >= 0.3 is 0 Å². The first kappa shape index (κ1) is 12.6. The molecule has 1 spiro atoms. The average molecular weight is 310 g/mol. The molecule has 98 valence electrons. The van der Waals surface area contributed by atoms with Crippen molar-refractivity contribution in [3.8, 4) is 0 Å². The number of benzene rings is 1. The normalized spacial score (nSPS) is 27.8. The van der Waals surface area contributed by atoms with Crippen molar-refractivity contribution in [1.29, 1.82) is 0 Å². The van der Waals surface area contributed by atoms with Crippen molar-refractivity contribution in [2.75, 3.05) is 6.61 Å². The third kappa shape index (κ3) is 2.36. The van der Waals surface area contributed by atoms with E-state index >= 15 is 0 Å². The summed E-state index contributed by atoms with van der Waals surface area (Å²) in [6.07, 6.45) is 6.02. The van der Waals surface area contributed by atoms with E-state index in [0.717, 1.165) is 23.9 Å². The Hall–Kier alpha value is -0.380. The molecule has 1 heterocycles. The van der Waals surface area contributed by atoms with Crippen molar-refractivity contribution >= 4 is 15.9 Å². The molecular weight excluding hydrogens is 290 g/mol. The van der Waals surface area contributed by atoms with Crippen molar-refractivity contribution in [3.05, 3.63) is 34.3 Å². The number of rotatable bonds is 2. The van der Waals surface area contributed by atoms with Gasteiger partial charge in [0.15, 0.2) is 0 Å². The van der Waals surface area contributed by atoms with Gasteiger partial charge in [0, 0.05) is 17.1 Å². The summed E-state index contributed by atoms with van der Waals surface area (Å²) in [5.74, 6) is 0.570. The van der Waals surface area contributed by atoms with Crippen LogP contribution >= 0.6 is 15.9 Å². The van der Waals surface area contributed by atoms with E-state index < -0.39 is 0 Å². The highest BCUT2D eigenvalue weighted by Crippen LogP contribution is 2.46. The molecule has 1 saturated carbocycles. The van der Waals surface area contributed by atoms with E-state index in [1.807, 2.05) is 0 Å². The van der Waals surface area contributed by atoms with Crippen LogP contribution in [0.15, 0.2) is 28.7 Å². The maximum atomic E-state index is 6.45. The van der Waals surface area contributed by atoms with Crippen LogP contribution < -0.4 is 5.73 Å². The third-order valence-corrected chi connectivity index (χ3v) is 5.09. The van der Waals surface area contributed by atoms with Gasteiger partial charge in [-0.15, -0.1) is 0 Å². The number of ether oxygens (including phenoxy) is 1. The Bertz CT molecular complexity index is 413. The molecule has 2 aliphatic rings. The molecule has 1 aliphatic carbocycles. The molecule has 2 N–H and O–H groups in total. The Morgan fingerprint density at radius 1 is 1.28 bits per heavy atom. The number of hydrogen-bond acceptors (Lipinski definition) is 2. The summed E-state index contributed by atoms with van der Waals surface area (Å²) in [5, 5.41) is 0. The summed E-state index contributed by atoms with van der Waals surface area (Å²) < 4.78 is 7.09. The maximum absolute atomic E-state index is 6.45. The molecule has 0 bridgehead atoms. The Morgan fingerprint density at radius 3 is 2.61 bits per heavy atom. The predicted molar refractivity (Wildman–Crippen MR) is 76.3 cm³/mol. The van der Waals surface area contributed by atoms with E-state index in [1.54, 1.807) is 0 Å². The molecule has 0 radical (unpaired) electrons. The van der Waals surface area contributed by atoms with Crippen LogP contribution in [0.2, 0.25) is 0 Å². The Morgan fingerprint density at radius 2 is 2.00 bits per heavy atom. The van der Waals surface area contributed by atoms with Crippen LogP contribution in [0, 0.1) is 5.92 Å². The Labute approximate surface area is 117 Å². The van der Waals surface area contributed by atoms with Crippen molar-refractivity contribution in [2.24, 2.45) is 11.7 Å². The predicted octanol–water partition coefficient (Wildman–Crippen LogP) is 3.80. The van der Waals surface area contributed by atoms with Crippen LogP contribution in [0.25, 0.3) is 0 Å². The number of nitrogens with two attached hydrogens (primary N) is 1. The highest BCUT2D eigenvalue weighted by Gasteiger charge is 2.43. The SMILES string of the molecule is NC(c1ccc(Br)cc1)C1CCOC2(CCC2)C1. The van der Waals surface area contributed by atoms with Crippen LogP contribution in [0.1, 0.15) is 43.7 Å². The van der Waals surface area contributed by atoms with Crippen molar-refractivity contribution < 1.29 is 4.74 Å². The lowest BCUT2D eigenvalue weighted by Gasteiger charge is -2.48. The average Bonchev–Trinajstić information content (AvgIpc) is 2.37. The molecular formula is C15H20BrNO. The molecule has 1 aromatic carbocycles. The molecule has 2 fully saturated rings. The van der Waals surface area contributed by atoms with Gasteiger partial charge in [-0.25, -0.2) is 0 Å². The molecule has 18 heavy (non-hydrogen) atoms. The zero-order valence-corrected chi connectivity index (χ0v) is 12.2. The minimum atomic E-state index is 0.152. The molecule has 1 saturated heterocycles. The monoisotopic (exact) mass is 309 g/mol. The van der Waals surface area contributed by atoms with Crippen LogP contribution in [0.5, 0.6) is 0 Å². The highest BCUT2D eigenvalue weighted by atomic mass is 79.9. The second-order valence-electron chi connectivity index (χ2n) is 5.72. The fraction of sp³-hybridized carbons (Fsp3) is 0.600. The molecule has 3 rings (SSSR count). The van der Waals surface area contributed by atoms with Gasteiger partial charge in [0.05, 0.1) is 5.60 Å². The number of hydrogen-bond donors (Lipinski definition) is 1. The summed E-state index contributed by atoms with van der Waals surface area (Å²) >= 11 is 3.47. The molecule has 2 unspecified atom stereocenters. The van der Waals surface area contributed by atoms with Gasteiger partial charge in [-0.1, -0.05) is 28.1 Å². The van der Waals surface area contributed by atoms with Crippen molar-refractivity contribution in [3.63, 3.8) is 0 Å². The van der Waals surface area contributed by atoms with Gasteiger partial charge in [-0.3, -0.25) is 0 Å². The summed E-state index contributed by atoms with van der Waals surface area (Å²) in [6, 6.07) is 8.58. The highest BCUT2D eigenvalue weighted by molar-refractivity contribution is 9.10. The van der Waals surface area contributed by atoms with Crippen molar-refractivity contribution in [1.82, 2.24) is 0 Å². The van der Waals surface area contributed by atoms with E-state index in [0.29, 0.717) is 5.92 Å². The zero-order valence-electron chi connectivity index (χ0n) is 10.6. The summed E-state index contributed by atoms with van der Waals surface area (Å²) in [7, 11) is 0. The first-order chi connectivity index (χ1) is 8.69. The van der Waals surface area contributed by atoms with Crippen LogP contribution in [-0.2, 0) is 4.74 Å². The van der Waals surface area contributed by atoms with Gasteiger partial charge in [-0.2, -0.15) is 0 Å². The van der Waals surface area contributed by atoms with E-state index in [-0.39, 0.29) is 11.6 Å². The first-order valence-corrected chi connectivity index (χ1v) is 7.63. The minimum absolute atomic E-state index is 0.152. The molecule has 2 atom stereocenters. The quantitative estimate of drug-likeness (QED) is 0.902. The fourth-order valence-corrected chi connectivity index (χ4v) is 3.51.